The van der Waals surface area contributed by atoms with Crippen LogP contribution in [0.4, 0.5) is 0 Å². The Hall–Kier alpha value is -1.00. The second-order valence-electron chi connectivity index (χ2n) is 4.36. The maximum atomic E-state index is 5.52. The first-order valence-corrected chi connectivity index (χ1v) is 7.96. The molecule has 2 aromatic carbocycles. The van der Waals surface area contributed by atoms with Crippen molar-refractivity contribution in [2.75, 3.05) is 14.2 Å². The summed E-state index contributed by atoms with van der Waals surface area (Å²) in [4.78, 5) is 0.182. The van der Waals surface area contributed by atoms with E-state index >= 15 is 0 Å². The molecule has 0 aliphatic rings. The molecule has 0 bridgehead atoms. The Bertz CT molecular complexity index is 570. The van der Waals surface area contributed by atoms with Crippen LogP contribution >= 0.6 is 31.9 Å². The summed E-state index contributed by atoms with van der Waals surface area (Å²) in [6.45, 7) is 0. The summed E-state index contributed by atoms with van der Waals surface area (Å²) in [7, 11) is 3.32. The third kappa shape index (κ3) is 3.36. The molecule has 0 amide bonds. The smallest absolute Gasteiger partial charge is 0.141 e. The van der Waals surface area contributed by atoms with Gasteiger partial charge in [0, 0.05) is 10.4 Å². The van der Waals surface area contributed by atoms with Crippen LogP contribution in [0.2, 0.25) is 0 Å². The zero-order valence-electron chi connectivity index (χ0n) is 11.4. The first-order valence-electron chi connectivity index (χ1n) is 6.25. The summed E-state index contributed by atoms with van der Waals surface area (Å²) in [5.74, 6) is 1.58. The van der Waals surface area contributed by atoms with Crippen LogP contribution in [-0.2, 0) is 6.42 Å². The minimum Gasteiger partial charge on any atom is -0.495 e. The summed E-state index contributed by atoms with van der Waals surface area (Å²) in [5.41, 5.74) is 2.38. The molecule has 1 unspecified atom stereocenters. The quantitative estimate of drug-likeness (QED) is 0.647. The lowest BCUT2D eigenvalue weighted by Gasteiger charge is -2.17. The van der Waals surface area contributed by atoms with E-state index in [9.17, 15) is 0 Å². The highest BCUT2D eigenvalue weighted by Crippen LogP contribution is 2.42. The average Bonchev–Trinajstić information content (AvgIpc) is 2.47. The highest BCUT2D eigenvalue weighted by Gasteiger charge is 2.18. The predicted molar refractivity (Wildman–Crippen MR) is 89.1 cm³/mol. The lowest BCUT2D eigenvalue weighted by Crippen LogP contribution is -2.00. The van der Waals surface area contributed by atoms with Crippen molar-refractivity contribution in [3.63, 3.8) is 0 Å². The minimum atomic E-state index is 0.182. The number of benzene rings is 2. The van der Waals surface area contributed by atoms with Gasteiger partial charge in [-0.2, -0.15) is 0 Å². The second kappa shape index (κ2) is 7.14. The summed E-state index contributed by atoms with van der Waals surface area (Å²) < 4.78 is 11.7. The monoisotopic (exact) mass is 398 g/mol. The first kappa shape index (κ1) is 15.4. The van der Waals surface area contributed by atoms with Gasteiger partial charge in [-0.3, -0.25) is 0 Å². The Labute approximate surface area is 136 Å². The summed E-state index contributed by atoms with van der Waals surface area (Å²) >= 11 is 7.29. The lowest BCUT2D eigenvalue weighted by atomic mass is 10.0. The van der Waals surface area contributed by atoms with Crippen LogP contribution in [0.3, 0.4) is 0 Å². The highest BCUT2D eigenvalue weighted by atomic mass is 79.9. The fourth-order valence-electron chi connectivity index (χ4n) is 2.10. The van der Waals surface area contributed by atoms with E-state index in [-0.39, 0.29) is 4.83 Å². The normalized spacial score (nSPS) is 12.0. The Morgan fingerprint density at radius 1 is 1.00 bits per heavy atom. The highest BCUT2D eigenvalue weighted by molar-refractivity contribution is 9.10. The number of halogens is 2. The van der Waals surface area contributed by atoms with Crippen LogP contribution in [0, 0.1) is 0 Å². The standard InChI is InChI=1S/C16H16Br2O2/c1-19-14-9-8-12(16(20-2)15(14)18)13(17)10-11-6-4-3-5-7-11/h3-9,13H,10H2,1-2H3. The van der Waals surface area contributed by atoms with E-state index in [0.29, 0.717) is 0 Å². The molecule has 1 atom stereocenters. The van der Waals surface area contributed by atoms with Gasteiger partial charge in [-0.25, -0.2) is 0 Å². The summed E-state index contributed by atoms with van der Waals surface area (Å²) in [5, 5.41) is 0. The Morgan fingerprint density at radius 2 is 1.70 bits per heavy atom. The van der Waals surface area contributed by atoms with Crippen molar-refractivity contribution in [3.05, 3.63) is 58.1 Å². The van der Waals surface area contributed by atoms with Crippen LogP contribution in [0.25, 0.3) is 0 Å². The molecule has 20 heavy (non-hydrogen) atoms. The van der Waals surface area contributed by atoms with Gasteiger partial charge in [0.1, 0.15) is 16.0 Å². The zero-order chi connectivity index (χ0) is 14.5. The molecule has 2 aromatic rings. The van der Waals surface area contributed by atoms with Crippen molar-refractivity contribution in [1.82, 2.24) is 0 Å². The van der Waals surface area contributed by atoms with Crippen molar-refractivity contribution >= 4 is 31.9 Å². The molecule has 0 heterocycles. The molecular formula is C16H16Br2O2. The van der Waals surface area contributed by atoms with Crippen molar-refractivity contribution in [2.24, 2.45) is 0 Å². The van der Waals surface area contributed by atoms with E-state index in [2.05, 4.69) is 56.1 Å². The van der Waals surface area contributed by atoms with E-state index in [1.54, 1.807) is 14.2 Å². The molecule has 106 valence electrons. The van der Waals surface area contributed by atoms with E-state index in [1.165, 1.54) is 5.56 Å². The molecule has 0 saturated carbocycles. The molecule has 4 heteroatoms. The molecule has 0 N–H and O–H groups in total. The van der Waals surface area contributed by atoms with Crippen molar-refractivity contribution in [1.29, 1.82) is 0 Å². The van der Waals surface area contributed by atoms with Gasteiger partial charge in [0.25, 0.3) is 0 Å². The Morgan fingerprint density at radius 3 is 2.30 bits per heavy atom. The van der Waals surface area contributed by atoms with Gasteiger partial charge in [0.05, 0.1) is 14.2 Å². The van der Waals surface area contributed by atoms with Crippen molar-refractivity contribution < 1.29 is 9.47 Å². The molecule has 0 aliphatic carbocycles. The van der Waals surface area contributed by atoms with Crippen molar-refractivity contribution in [3.8, 4) is 11.5 Å². The maximum absolute atomic E-state index is 5.52. The van der Waals surface area contributed by atoms with Gasteiger partial charge in [-0.1, -0.05) is 52.3 Å². The number of alkyl halides is 1. The lowest BCUT2D eigenvalue weighted by molar-refractivity contribution is 0.386. The minimum absolute atomic E-state index is 0.182. The SMILES string of the molecule is COc1ccc(C(Br)Cc2ccccc2)c(OC)c1Br. The van der Waals surface area contributed by atoms with Gasteiger partial charge in [0.2, 0.25) is 0 Å². The maximum Gasteiger partial charge on any atom is 0.141 e. The molecule has 2 nitrogen and oxygen atoms in total. The topological polar surface area (TPSA) is 18.5 Å². The van der Waals surface area contributed by atoms with Crippen LogP contribution < -0.4 is 9.47 Å². The fourth-order valence-corrected chi connectivity index (χ4v) is 3.51. The van der Waals surface area contributed by atoms with E-state index in [0.717, 1.165) is 28.0 Å². The largest absolute Gasteiger partial charge is 0.495 e. The summed E-state index contributed by atoms with van der Waals surface area (Å²) in [6, 6.07) is 14.4. The number of ether oxygens (including phenoxy) is 2. The van der Waals surface area contributed by atoms with Gasteiger partial charge < -0.3 is 9.47 Å². The number of hydrogen-bond acceptors (Lipinski definition) is 2. The molecule has 2 rings (SSSR count). The molecule has 0 aliphatic heterocycles. The third-order valence-corrected chi connectivity index (χ3v) is 4.68. The molecule has 0 fully saturated rings. The van der Waals surface area contributed by atoms with E-state index in [4.69, 9.17) is 9.47 Å². The fraction of sp³-hybridized carbons (Fsp3) is 0.250. The average molecular weight is 400 g/mol. The van der Waals surface area contributed by atoms with Crippen LogP contribution in [0.15, 0.2) is 46.9 Å². The third-order valence-electron chi connectivity index (χ3n) is 3.11. The van der Waals surface area contributed by atoms with Gasteiger partial charge in [0.15, 0.2) is 0 Å². The zero-order valence-corrected chi connectivity index (χ0v) is 14.6. The van der Waals surface area contributed by atoms with Crippen LogP contribution in [-0.4, -0.2) is 14.2 Å². The second-order valence-corrected chi connectivity index (χ2v) is 6.26. The predicted octanol–water partition coefficient (Wildman–Crippen LogP) is 5.15. The Kier molecular flexibility index (Phi) is 5.49. The van der Waals surface area contributed by atoms with E-state index in [1.807, 2.05) is 18.2 Å². The van der Waals surface area contributed by atoms with Gasteiger partial charge >= 0.3 is 0 Å². The summed E-state index contributed by atoms with van der Waals surface area (Å²) in [6.07, 6.45) is 0.899. The molecule has 0 saturated heterocycles. The van der Waals surface area contributed by atoms with Crippen molar-refractivity contribution in [2.45, 2.75) is 11.2 Å². The van der Waals surface area contributed by atoms with Gasteiger partial charge in [-0.05, 0) is 34.0 Å². The van der Waals surface area contributed by atoms with Gasteiger partial charge in [-0.15, -0.1) is 0 Å². The van der Waals surface area contributed by atoms with Crippen LogP contribution in [0.1, 0.15) is 16.0 Å². The molecule has 0 spiro atoms. The molecule has 0 aromatic heterocycles. The first-order chi connectivity index (χ1) is 9.67. The number of methoxy groups -OCH3 is 2. The Balaban J connectivity index is 2.30. The van der Waals surface area contributed by atoms with E-state index < -0.39 is 0 Å². The number of rotatable bonds is 5. The van der Waals surface area contributed by atoms with Crippen LogP contribution in [0.5, 0.6) is 11.5 Å². The molecule has 0 radical (unpaired) electrons. The molecular weight excluding hydrogens is 384 g/mol. The number of hydrogen-bond donors (Lipinski definition) is 0.